The van der Waals surface area contributed by atoms with Crippen LogP contribution in [-0.2, 0) is 11.3 Å². The third kappa shape index (κ3) is 2.45. The van der Waals surface area contributed by atoms with E-state index in [0.29, 0.717) is 5.75 Å². The van der Waals surface area contributed by atoms with E-state index in [-0.39, 0.29) is 11.9 Å². The van der Waals surface area contributed by atoms with Gasteiger partial charge in [0.1, 0.15) is 17.9 Å². The van der Waals surface area contributed by atoms with Gasteiger partial charge in [0.05, 0.1) is 6.04 Å². The van der Waals surface area contributed by atoms with Crippen LogP contribution >= 0.6 is 11.8 Å². The number of amides is 1. The van der Waals surface area contributed by atoms with Gasteiger partial charge in [-0.2, -0.15) is 5.10 Å². The third-order valence-electron chi connectivity index (χ3n) is 3.94. The molecule has 0 spiro atoms. The summed E-state index contributed by atoms with van der Waals surface area (Å²) in [5, 5.41) is 7.24. The number of fused-ring (bicyclic) bond motifs is 2. The van der Waals surface area contributed by atoms with E-state index >= 15 is 0 Å². The average Bonchev–Trinajstić information content (AvgIpc) is 3.04. The number of ether oxygens (including phenoxy) is 1. The predicted molar refractivity (Wildman–Crippen MR) is 81.7 cm³/mol. The largest absolute Gasteiger partial charge is 0.479 e. The number of nitrogens with zero attached hydrogens (tertiary/aromatic N) is 3. The zero-order valence-corrected chi connectivity index (χ0v) is 12.8. The van der Waals surface area contributed by atoms with Crippen LogP contribution in [0.4, 0.5) is 0 Å². The van der Waals surface area contributed by atoms with E-state index in [4.69, 9.17) is 4.74 Å². The van der Waals surface area contributed by atoms with Crippen LogP contribution in [0.1, 0.15) is 24.7 Å². The van der Waals surface area contributed by atoms with E-state index in [2.05, 4.69) is 15.4 Å². The van der Waals surface area contributed by atoms with Crippen LogP contribution in [0.15, 0.2) is 35.5 Å². The molecule has 1 N–H and O–H groups in total. The van der Waals surface area contributed by atoms with Crippen molar-refractivity contribution in [2.45, 2.75) is 36.4 Å². The molecule has 0 saturated carbocycles. The normalized spacial score (nSPS) is 23.1. The van der Waals surface area contributed by atoms with E-state index < -0.39 is 6.10 Å². The molecule has 0 aliphatic carbocycles. The second kappa shape index (κ2) is 5.64. The van der Waals surface area contributed by atoms with Crippen LogP contribution in [-0.4, -0.2) is 32.5 Å². The van der Waals surface area contributed by atoms with Crippen LogP contribution in [0, 0.1) is 0 Å². The molecule has 2 atom stereocenters. The minimum atomic E-state index is -0.460. The van der Waals surface area contributed by atoms with Gasteiger partial charge >= 0.3 is 0 Å². The number of benzene rings is 1. The molecule has 0 bridgehead atoms. The van der Waals surface area contributed by atoms with Gasteiger partial charge < -0.3 is 10.1 Å². The number of hydrogen-bond acceptors (Lipinski definition) is 5. The molecule has 2 aromatic rings. The highest BCUT2D eigenvalue weighted by atomic mass is 32.2. The van der Waals surface area contributed by atoms with Crippen molar-refractivity contribution in [1.82, 2.24) is 20.1 Å². The first-order valence-electron chi connectivity index (χ1n) is 7.38. The van der Waals surface area contributed by atoms with E-state index in [1.165, 1.54) is 0 Å². The Morgan fingerprint density at radius 2 is 2.32 bits per heavy atom. The second-order valence-corrected chi connectivity index (χ2v) is 6.47. The Bertz CT molecular complexity index is 702. The standard InChI is InChI=1S/C15H16N4O2S/c20-15(12-8-22-13-6-2-1-5-11(13)21-12)18-10-4-3-7-19-14(10)16-9-17-19/h1-2,5-6,9-10,12H,3-4,7-8H2,(H,18,20)/t10-,12+/m1/s1. The molecule has 4 rings (SSSR count). The first kappa shape index (κ1) is 13.6. The molecule has 0 saturated heterocycles. The number of rotatable bonds is 2. The van der Waals surface area contributed by atoms with Crippen LogP contribution in [0.5, 0.6) is 5.75 Å². The first-order chi connectivity index (χ1) is 10.8. The number of hydrogen-bond donors (Lipinski definition) is 1. The molecule has 0 radical (unpaired) electrons. The summed E-state index contributed by atoms with van der Waals surface area (Å²) in [5.74, 6) is 2.17. The van der Waals surface area contributed by atoms with Crippen molar-refractivity contribution in [3.05, 3.63) is 36.4 Å². The molecule has 2 aliphatic heterocycles. The highest BCUT2D eigenvalue weighted by Crippen LogP contribution is 2.35. The average molecular weight is 316 g/mol. The maximum absolute atomic E-state index is 12.5. The molecule has 2 aliphatic rings. The Hall–Kier alpha value is -2.02. The number of aryl methyl sites for hydroxylation is 1. The van der Waals surface area contributed by atoms with Gasteiger partial charge in [-0.15, -0.1) is 11.8 Å². The lowest BCUT2D eigenvalue weighted by Gasteiger charge is -2.28. The molecule has 7 heteroatoms. The van der Waals surface area contributed by atoms with Crippen molar-refractivity contribution in [3.8, 4) is 5.75 Å². The zero-order valence-electron chi connectivity index (χ0n) is 11.9. The van der Waals surface area contributed by atoms with Gasteiger partial charge in [0.2, 0.25) is 0 Å². The van der Waals surface area contributed by atoms with Crippen molar-refractivity contribution >= 4 is 17.7 Å². The van der Waals surface area contributed by atoms with E-state index in [1.807, 2.05) is 28.9 Å². The highest BCUT2D eigenvalue weighted by Gasteiger charge is 2.30. The fraction of sp³-hybridized carbons (Fsp3) is 0.400. The Morgan fingerprint density at radius 3 is 3.27 bits per heavy atom. The van der Waals surface area contributed by atoms with Gasteiger partial charge in [0, 0.05) is 17.2 Å². The lowest BCUT2D eigenvalue weighted by Crippen LogP contribution is -2.44. The molecule has 6 nitrogen and oxygen atoms in total. The van der Waals surface area contributed by atoms with Crippen LogP contribution in [0.2, 0.25) is 0 Å². The molecular weight excluding hydrogens is 300 g/mol. The van der Waals surface area contributed by atoms with Gasteiger partial charge in [-0.25, -0.2) is 9.67 Å². The molecule has 114 valence electrons. The lowest BCUT2D eigenvalue weighted by molar-refractivity contribution is -0.128. The summed E-state index contributed by atoms with van der Waals surface area (Å²) in [4.78, 5) is 17.9. The molecule has 1 aromatic heterocycles. The number of aromatic nitrogens is 3. The van der Waals surface area contributed by atoms with Gasteiger partial charge in [-0.3, -0.25) is 4.79 Å². The molecule has 1 aromatic carbocycles. The molecule has 22 heavy (non-hydrogen) atoms. The summed E-state index contributed by atoms with van der Waals surface area (Å²) in [6.45, 7) is 0.866. The number of thioether (sulfide) groups is 1. The number of nitrogens with one attached hydrogen (secondary N) is 1. The van der Waals surface area contributed by atoms with Crippen molar-refractivity contribution in [3.63, 3.8) is 0 Å². The summed E-state index contributed by atoms with van der Waals surface area (Å²) in [6, 6.07) is 7.74. The lowest BCUT2D eigenvalue weighted by atomic mass is 10.1. The maximum atomic E-state index is 12.5. The topological polar surface area (TPSA) is 69.0 Å². The SMILES string of the molecule is O=C(N[C@@H]1CCCn2ncnc21)[C@@H]1CSc2ccccc2O1. The first-order valence-corrected chi connectivity index (χ1v) is 8.36. The van der Waals surface area contributed by atoms with Crippen molar-refractivity contribution in [2.24, 2.45) is 0 Å². The van der Waals surface area contributed by atoms with Crippen LogP contribution in [0.25, 0.3) is 0 Å². The van der Waals surface area contributed by atoms with Crippen molar-refractivity contribution < 1.29 is 9.53 Å². The molecule has 3 heterocycles. The minimum absolute atomic E-state index is 0.0745. The zero-order chi connectivity index (χ0) is 14.9. The summed E-state index contributed by atoms with van der Waals surface area (Å²) in [5.41, 5.74) is 0. The molecule has 0 fully saturated rings. The summed E-state index contributed by atoms with van der Waals surface area (Å²) >= 11 is 1.66. The van der Waals surface area contributed by atoms with Crippen molar-refractivity contribution in [1.29, 1.82) is 0 Å². The Morgan fingerprint density at radius 1 is 1.41 bits per heavy atom. The van der Waals surface area contributed by atoms with E-state index in [0.717, 1.165) is 35.9 Å². The van der Waals surface area contributed by atoms with Gasteiger partial charge in [-0.05, 0) is 25.0 Å². The number of carbonyl (C=O) groups is 1. The monoisotopic (exact) mass is 316 g/mol. The highest BCUT2D eigenvalue weighted by molar-refractivity contribution is 7.99. The summed E-state index contributed by atoms with van der Waals surface area (Å²) in [7, 11) is 0. The smallest absolute Gasteiger partial charge is 0.262 e. The minimum Gasteiger partial charge on any atom is -0.479 e. The number of carbonyl (C=O) groups excluding carboxylic acids is 1. The fourth-order valence-corrected chi connectivity index (χ4v) is 3.82. The molecular formula is C15H16N4O2S. The van der Waals surface area contributed by atoms with Crippen LogP contribution < -0.4 is 10.1 Å². The summed E-state index contributed by atoms with van der Waals surface area (Å²) in [6.07, 6.45) is 2.96. The van der Waals surface area contributed by atoms with Crippen LogP contribution in [0.3, 0.4) is 0 Å². The number of para-hydroxylation sites is 1. The Kier molecular flexibility index (Phi) is 3.49. The Balaban J connectivity index is 1.46. The Labute approximate surface area is 132 Å². The third-order valence-corrected chi connectivity index (χ3v) is 5.06. The quantitative estimate of drug-likeness (QED) is 0.914. The molecule has 1 amide bonds. The maximum Gasteiger partial charge on any atom is 0.262 e. The van der Waals surface area contributed by atoms with Gasteiger partial charge in [-0.1, -0.05) is 12.1 Å². The second-order valence-electron chi connectivity index (χ2n) is 5.41. The van der Waals surface area contributed by atoms with E-state index in [9.17, 15) is 4.79 Å². The van der Waals surface area contributed by atoms with E-state index in [1.54, 1.807) is 18.1 Å². The van der Waals surface area contributed by atoms with Gasteiger partial charge in [0.15, 0.2) is 6.10 Å². The predicted octanol–water partition coefficient (Wildman–Crippen LogP) is 1.78. The van der Waals surface area contributed by atoms with Gasteiger partial charge in [0.25, 0.3) is 5.91 Å². The fourth-order valence-electron chi connectivity index (χ4n) is 2.84. The molecule has 0 unspecified atom stereocenters. The summed E-state index contributed by atoms with van der Waals surface area (Å²) < 4.78 is 7.69. The van der Waals surface area contributed by atoms with Crippen molar-refractivity contribution in [2.75, 3.05) is 5.75 Å².